The molecule has 0 aromatic rings. The van der Waals surface area contributed by atoms with Gasteiger partial charge in [-0.15, -0.1) is 0 Å². The average Bonchev–Trinajstić information content (AvgIpc) is 3.41. The number of nitrogens with zero attached hydrogens (tertiary/aromatic N) is 3. The Morgan fingerprint density at radius 2 is 1.20 bits per heavy atom. The van der Waals surface area contributed by atoms with Crippen molar-refractivity contribution in [2.24, 2.45) is 0 Å². The number of hydrogen-bond acceptors (Lipinski definition) is 4. The molecule has 1 saturated heterocycles. The van der Waals surface area contributed by atoms with Crippen LogP contribution in [0.2, 0.25) is 0 Å². The standard InChI is InChI=1S/C45H84N4O2/c1-4-6-8-10-12-14-15-16-17-18-19-21-23-25-31-35-44(50)49(41-40-48-38-36-47(3)37-39-48)43(34-30-24-22-20-13-11-9-7-5-2)45(51)46-42-32-28-26-27-29-33-42/h12,14,16-17,42-43H,4-11,13,15,18-41H2,1-3H3,(H,46,51)/b14-12-,17-16-. The molecule has 1 N–H and O–H groups in total. The van der Waals surface area contributed by atoms with Crippen molar-refractivity contribution in [1.82, 2.24) is 20.0 Å². The first-order valence-corrected chi connectivity index (χ1v) is 22.4. The molecule has 1 heterocycles. The summed E-state index contributed by atoms with van der Waals surface area (Å²) in [5, 5.41) is 3.48. The van der Waals surface area contributed by atoms with Crippen LogP contribution in [0.5, 0.6) is 0 Å². The van der Waals surface area contributed by atoms with Crippen LogP contribution in [-0.2, 0) is 9.59 Å². The number of piperazine rings is 1. The van der Waals surface area contributed by atoms with Gasteiger partial charge in [-0.25, -0.2) is 0 Å². The summed E-state index contributed by atoms with van der Waals surface area (Å²) >= 11 is 0. The van der Waals surface area contributed by atoms with Crippen LogP contribution in [0.15, 0.2) is 24.3 Å². The van der Waals surface area contributed by atoms with E-state index < -0.39 is 0 Å². The molecule has 6 heteroatoms. The summed E-state index contributed by atoms with van der Waals surface area (Å²) in [6.07, 6.45) is 42.2. The van der Waals surface area contributed by atoms with E-state index in [0.29, 0.717) is 13.0 Å². The normalized spacial score (nSPS) is 17.3. The molecule has 0 radical (unpaired) electrons. The van der Waals surface area contributed by atoms with Crippen LogP contribution in [0.25, 0.3) is 0 Å². The first-order chi connectivity index (χ1) is 25.0. The fourth-order valence-electron chi connectivity index (χ4n) is 7.80. The predicted molar refractivity (Wildman–Crippen MR) is 220 cm³/mol. The maximum atomic E-state index is 14.1. The Labute approximate surface area is 317 Å². The first-order valence-electron chi connectivity index (χ1n) is 22.4. The minimum atomic E-state index is -0.337. The van der Waals surface area contributed by atoms with Crippen LogP contribution >= 0.6 is 0 Å². The predicted octanol–water partition coefficient (Wildman–Crippen LogP) is 11.0. The molecule has 6 nitrogen and oxygen atoms in total. The van der Waals surface area contributed by atoms with Crippen LogP contribution < -0.4 is 5.32 Å². The first kappa shape index (κ1) is 45.5. The summed E-state index contributed by atoms with van der Waals surface area (Å²) in [7, 11) is 2.19. The van der Waals surface area contributed by atoms with Crippen LogP contribution in [0.1, 0.15) is 194 Å². The highest BCUT2D eigenvalue weighted by atomic mass is 16.2. The number of unbranched alkanes of at least 4 members (excludes halogenated alkanes) is 16. The van der Waals surface area contributed by atoms with E-state index in [-0.39, 0.29) is 23.9 Å². The molecular formula is C45H84N4O2. The average molecular weight is 713 g/mol. The molecule has 51 heavy (non-hydrogen) atoms. The van der Waals surface area contributed by atoms with Crippen LogP contribution in [0, 0.1) is 0 Å². The SMILES string of the molecule is CCCCC/C=C\C/C=C\CCCCCCCC(=O)N(CCN1CCN(C)CC1)C(CCCCCCCCCCC)C(=O)NC1CCCCCC1. The molecule has 1 unspecified atom stereocenters. The van der Waals surface area contributed by atoms with Crippen molar-refractivity contribution in [3.63, 3.8) is 0 Å². The topological polar surface area (TPSA) is 55.9 Å². The van der Waals surface area contributed by atoms with Crippen molar-refractivity contribution < 1.29 is 9.59 Å². The number of nitrogens with one attached hydrogen (secondary N) is 1. The molecule has 0 aromatic heterocycles. The minimum Gasteiger partial charge on any atom is -0.352 e. The number of carbonyl (C=O) groups excluding carboxylic acids is 2. The maximum Gasteiger partial charge on any atom is 0.243 e. The Balaban J connectivity index is 1.90. The lowest BCUT2D eigenvalue weighted by Gasteiger charge is -2.36. The molecule has 0 aromatic carbocycles. The van der Waals surface area contributed by atoms with Gasteiger partial charge in [0.1, 0.15) is 6.04 Å². The zero-order valence-electron chi connectivity index (χ0n) is 34.2. The van der Waals surface area contributed by atoms with Crippen LogP contribution in [0.4, 0.5) is 0 Å². The summed E-state index contributed by atoms with van der Waals surface area (Å²) in [5.74, 6) is 0.319. The molecule has 1 aliphatic heterocycles. The summed E-state index contributed by atoms with van der Waals surface area (Å²) in [5.41, 5.74) is 0. The number of rotatable bonds is 30. The summed E-state index contributed by atoms with van der Waals surface area (Å²) in [4.78, 5) is 35.1. The molecule has 1 saturated carbocycles. The summed E-state index contributed by atoms with van der Waals surface area (Å²) < 4.78 is 0. The van der Waals surface area contributed by atoms with E-state index in [1.54, 1.807) is 0 Å². The fourth-order valence-corrected chi connectivity index (χ4v) is 7.80. The van der Waals surface area contributed by atoms with Crippen molar-refractivity contribution in [3.05, 3.63) is 24.3 Å². The monoisotopic (exact) mass is 713 g/mol. The quantitative estimate of drug-likeness (QED) is 0.0458. The molecule has 2 aliphatic rings. The van der Waals surface area contributed by atoms with Gasteiger partial charge in [-0.1, -0.05) is 154 Å². The fraction of sp³-hybridized carbons (Fsp3) is 0.867. The second-order valence-corrected chi connectivity index (χ2v) is 16.0. The third-order valence-electron chi connectivity index (χ3n) is 11.4. The molecular weight excluding hydrogens is 629 g/mol. The zero-order chi connectivity index (χ0) is 36.6. The molecule has 0 spiro atoms. The van der Waals surface area contributed by atoms with Gasteiger partial charge in [0.15, 0.2) is 0 Å². The molecule has 296 valence electrons. The van der Waals surface area contributed by atoms with Crippen molar-refractivity contribution in [3.8, 4) is 0 Å². The van der Waals surface area contributed by atoms with E-state index >= 15 is 0 Å². The van der Waals surface area contributed by atoms with E-state index in [9.17, 15) is 9.59 Å². The number of allylic oxidation sites excluding steroid dienone is 4. The number of likely N-dealkylation sites (N-methyl/N-ethyl adjacent to an activating group) is 1. The van der Waals surface area contributed by atoms with Gasteiger partial charge in [0, 0.05) is 51.7 Å². The highest BCUT2D eigenvalue weighted by Gasteiger charge is 2.31. The summed E-state index contributed by atoms with van der Waals surface area (Å²) in [6, 6.07) is -0.0715. The third-order valence-corrected chi connectivity index (χ3v) is 11.4. The zero-order valence-corrected chi connectivity index (χ0v) is 34.2. The van der Waals surface area contributed by atoms with Gasteiger partial charge < -0.3 is 15.1 Å². The van der Waals surface area contributed by atoms with Crippen molar-refractivity contribution in [1.29, 1.82) is 0 Å². The highest BCUT2D eigenvalue weighted by Crippen LogP contribution is 2.21. The Bertz CT molecular complexity index is 889. The van der Waals surface area contributed by atoms with E-state index in [0.717, 1.165) is 90.5 Å². The lowest BCUT2D eigenvalue weighted by molar-refractivity contribution is -0.141. The number of hydrogen-bond donors (Lipinski definition) is 1. The highest BCUT2D eigenvalue weighted by molar-refractivity contribution is 5.87. The van der Waals surface area contributed by atoms with Gasteiger partial charge in [-0.05, 0) is 64.8 Å². The minimum absolute atomic E-state index is 0.119. The molecule has 2 amide bonds. The van der Waals surface area contributed by atoms with Gasteiger partial charge in [0.2, 0.25) is 11.8 Å². The van der Waals surface area contributed by atoms with Gasteiger partial charge in [-0.3, -0.25) is 14.5 Å². The van der Waals surface area contributed by atoms with Crippen molar-refractivity contribution >= 4 is 11.8 Å². The Kier molecular flexibility index (Phi) is 28.4. The Morgan fingerprint density at radius 1 is 0.667 bits per heavy atom. The van der Waals surface area contributed by atoms with E-state index in [2.05, 4.69) is 60.3 Å². The number of amides is 2. The van der Waals surface area contributed by atoms with Gasteiger partial charge in [-0.2, -0.15) is 0 Å². The molecule has 1 aliphatic carbocycles. The Hall–Kier alpha value is -1.66. The Morgan fingerprint density at radius 3 is 1.82 bits per heavy atom. The summed E-state index contributed by atoms with van der Waals surface area (Å²) in [6.45, 7) is 10.3. The van der Waals surface area contributed by atoms with Crippen LogP contribution in [0.3, 0.4) is 0 Å². The lowest BCUT2D eigenvalue weighted by Crippen LogP contribution is -2.54. The second kappa shape index (κ2) is 31.8. The number of carbonyl (C=O) groups is 2. The van der Waals surface area contributed by atoms with Gasteiger partial charge in [0.25, 0.3) is 0 Å². The molecule has 0 bridgehead atoms. The van der Waals surface area contributed by atoms with E-state index in [1.807, 2.05) is 4.90 Å². The van der Waals surface area contributed by atoms with Crippen molar-refractivity contribution in [2.45, 2.75) is 206 Å². The van der Waals surface area contributed by atoms with Gasteiger partial charge >= 0.3 is 0 Å². The smallest absolute Gasteiger partial charge is 0.243 e. The lowest BCUT2D eigenvalue weighted by atomic mass is 10.0. The largest absolute Gasteiger partial charge is 0.352 e. The van der Waals surface area contributed by atoms with E-state index in [1.165, 1.54) is 116 Å². The van der Waals surface area contributed by atoms with Gasteiger partial charge in [0.05, 0.1) is 0 Å². The molecule has 2 rings (SSSR count). The van der Waals surface area contributed by atoms with E-state index in [4.69, 9.17) is 0 Å². The van der Waals surface area contributed by atoms with Crippen molar-refractivity contribution in [2.75, 3.05) is 46.3 Å². The van der Waals surface area contributed by atoms with Crippen LogP contribution in [-0.4, -0.2) is 84.9 Å². The third kappa shape index (κ3) is 23.6. The second-order valence-electron chi connectivity index (χ2n) is 16.0. The molecule has 2 fully saturated rings. The maximum absolute atomic E-state index is 14.1. The molecule has 1 atom stereocenters.